The molecule has 0 unspecified atom stereocenters. The third-order valence-corrected chi connectivity index (χ3v) is 4.25. The first-order valence-corrected chi connectivity index (χ1v) is 9.76. The van der Waals surface area contributed by atoms with Crippen molar-refractivity contribution in [1.82, 2.24) is 4.98 Å². The smallest absolute Gasteiger partial charge is 0.417 e. The maximum absolute atomic E-state index is 11.9. The molecule has 3 aromatic rings. The van der Waals surface area contributed by atoms with E-state index in [1.807, 2.05) is 23.6 Å². The zero-order valence-corrected chi connectivity index (χ0v) is 17.1. The molecule has 0 bridgehead atoms. The van der Waals surface area contributed by atoms with Gasteiger partial charge < -0.3 is 9.47 Å². The van der Waals surface area contributed by atoms with Gasteiger partial charge in [-0.3, -0.25) is 10.6 Å². The van der Waals surface area contributed by atoms with Crippen LogP contribution in [0, 0.1) is 0 Å². The molecule has 1 heterocycles. The fourth-order valence-corrected chi connectivity index (χ4v) is 3.02. The average molecular weight is 411 g/mol. The fourth-order valence-electron chi connectivity index (χ4n) is 2.32. The van der Waals surface area contributed by atoms with Crippen LogP contribution in [0.2, 0.25) is 0 Å². The lowest BCUT2D eigenvalue weighted by Crippen LogP contribution is -2.27. The number of hydrogen-bond acceptors (Lipinski definition) is 6. The predicted molar refractivity (Wildman–Crippen MR) is 113 cm³/mol. The summed E-state index contributed by atoms with van der Waals surface area (Å²) in [6, 6.07) is 16.0. The number of para-hydroxylation sites is 1. The molecule has 0 fully saturated rings. The zero-order chi connectivity index (χ0) is 20.9. The molecule has 0 aliphatic carbocycles. The van der Waals surface area contributed by atoms with Gasteiger partial charge in [-0.15, -0.1) is 11.3 Å². The average Bonchev–Trinajstić information content (AvgIpc) is 3.09. The Morgan fingerprint density at radius 3 is 2.28 bits per heavy atom. The first kappa shape index (κ1) is 20.3. The maximum Gasteiger partial charge on any atom is 0.417 e. The maximum atomic E-state index is 11.9. The third-order valence-electron chi connectivity index (χ3n) is 3.49. The van der Waals surface area contributed by atoms with Crippen LogP contribution >= 0.6 is 11.3 Å². The molecule has 3 rings (SSSR count). The van der Waals surface area contributed by atoms with Crippen LogP contribution in [0.1, 0.15) is 20.8 Å². The van der Waals surface area contributed by atoms with Crippen molar-refractivity contribution in [3.63, 3.8) is 0 Å². The number of nitrogens with zero attached hydrogens (tertiary/aromatic N) is 1. The number of anilines is 2. The minimum Gasteiger partial charge on any atom is -0.444 e. The van der Waals surface area contributed by atoms with Crippen molar-refractivity contribution >= 4 is 34.3 Å². The first-order chi connectivity index (χ1) is 13.8. The number of thiazole rings is 1. The van der Waals surface area contributed by atoms with E-state index >= 15 is 0 Å². The van der Waals surface area contributed by atoms with Gasteiger partial charge in [0.15, 0.2) is 5.13 Å². The van der Waals surface area contributed by atoms with Gasteiger partial charge in [-0.05, 0) is 45.0 Å². The summed E-state index contributed by atoms with van der Waals surface area (Å²) in [7, 11) is 0. The van der Waals surface area contributed by atoms with Gasteiger partial charge in [0.2, 0.25) is 0 Å². The minimum atomic E-state index is -0.575. The second-order valence-electron chi connectivity index (χ2n) is 7.07. The normalized spacial score (nSPS) is 10.9. The monoisotopic (exact) mass is 411 g/mol. The topological polar surface area (TPSA) is 89.5 Å². The standard InChI is InChI=1S/C21H21N3O4S/c1-21(2,3)28-20(26)24-18-23-17(13-29-18)14-9-11-15(12-10-14)22-19(25)27-16-7-5-4-6-8-16/h4-13H,1-3H3,(H,22,25)(H,23,24,26). The molecular weight excluding hydrogens is 390 g/mol. The Morgan fingerprint density at radius 1 is 0.931 bits per heavy atom. The van der Waals surface area contributed by atoms with Crippen LogP contribution < -0.4 is 15.4 Å². The summed E-state index contributed by atoms with van der Waals surface area (Å²) in [5, 5.41) is 7.57. The molecule has 2 aromatic carbocycles. The highest BCUT2D eigenvalue weighted by atomic mass is 32.1. The number of benzene rings is 2. The second-order valence-corrected chi connectivity index (χ2v) is 7.93. The molecule has 0 saturated heterocycles. The number of nitrogens with one attached hydrogen (secondary N) is 2. The number of carbonyl (C=O) groups excluding carboxylic acids is 2. The molecule has 2 amide bonds. The zero-order valence-electron chi connectivity index (χ0n) is 16.3. The number of amides is 2. The number of rotatable bonds is 4. The van der Waals surface area contributed by atoms with Crippen molar-refractivity contribution in [2.75, 3.05) is 10.6 Å². The van der Waals surface area contributed by atoms with Crippen LogP contribution in [-0.2, 0) is 4.74 Å². The SMILES string of the molecule is CC(C)(C)OC(=O)Nc1nc(-c2ccc(NC(=O)Oc3ccccc3)cc2)cs1. The second kappa shape index (κ2) is 8.74. The summed E-state index contributed by atoms with van der Waals surface area (Å²) in [5.74, 6) is 0.467. The van der Waals surface area contributed by atoms with Crippen LogP contribution in [0.4, 0.5) is 20.4 Å². The van der Waals surface area contributed by atoms with Crippen molar-refractivity contribution in [1.29, 1.82) is 0 Å². The lowest BCUT2D eigenvalue weighted by molar-refractivity contribution is 0.0636. The highest BCUT2D eigenvalue weighted by molar-refractivity contribution is 7.14. The van der Waals surface area contributed by atoms with Gasteiger partial charge in [-0.1, -0.05) is 30.3 Å². The summed E-state index contributed by atoms with van der Waals surface area (Å²) in [5.41, 5.74) is 1.58. The van der Waals surface area contributed by atoms with E-state index in [1.165, 1.54) is 11.3 Å². The van der Waals surface area contributed by atoms with E-state index in [2.05, 4.69) is 15.6 Å². The van der Waals surface area contributed by atoms with Crippen LogP contribution in [0.15, 0.2) is 60.0 Å². The van der Waals surface area contributed by atoms with Crippen molar-refractivity contribution in [2.45, 2.75) is 26.4 Å². The van der Waals surface area contributed by atoms with Crippen LogP contribution in [0.3, 0.4) is 0 Å². The Balaban J connectivity index is 1.58. The molecule has 0 saturated carbocycles. The van der Waals surface area contributed by atoms with E-state index in [-0.39, 0.29) is 0 Å². The molecule has 29 heavy (non-hydrogen) atoms. The van der Waals surface area contributed by atoms with Gasteiger partial charge in [-0.25, -0.2) is 14.6 Å². The molecule has 0 spiro atoms. The van der Waals surface area contributed by atoms with Crippen molar-refractivity contribution in [3.8, 4) is 17.0 Å². The molecule has 150 valence electrons. The Morgan fingerprint density at radius 2 is 1.62 bits per heavy atom. The van der Waals surface area contributed by atoms with Gasteiger partial charge in [0.25, 0.3) is 0 Å². The largest absolute Gasteiger partial charge is 0.444 e. The van der Waals surface area contributed by atoms with E-state index in [1.54, 1.807) is 57.2 Å². The summed E-state index contributed by atoms with van der Waals surface area (Å²) in [6.07, 6.45) is -1.11. The lowest BCUT2D eigenvalue weighted by atomic mass is 10.1. The fraction of sp³-hybridized carbons (Fsp3) is 0.190. The third kappa shape index (κ3) is 6.32. The Labute approximate surface area is 172 Å². The van der Waals surface area contributed by atoms with E-state index in [4.69, 9.17) is 9.47 Å². The molecule has 0 aliphatic heterocycles. The van der Waals surface area contributed by atoms with E-state index < -0.39 is 17.8 Å². The summed E-state index contributed by atoms with van der Waals surface area (Å²) < 4.78 is 10.4. The highest BCUT2D eigenvalue weighted by Crippen LogP contribution is 2.26. The van der Waals surface area contributed by atoms with Gasteiger partial charge in [0.1, 0.15) is 11.4 Å². The first-order valence-electron chi connectivity index (χ1n) is 8.88. The number of carbonyl (C=O) groups is 2. The predicted octanol–water partition coefficient (Wildman–Crippen LogP) is 5.77. The highest BCUT2D eigenvalue weighted by Gasteiger charge is 2.17. The van der Waals surface area contributed by atoms with Crippen molar-refractivity contribution < 1.29 is 19.1 Å². The quantitative estimate of drug-likeness (QED) is 0.569. The van der Waals surface area contributed by atoms with Crippen molar-refractivity contribution in [3.05, 3.63) is 60.0 Å². The molecule has 2 N–H and O–H groups in total. The summed E-state index contributed by atoms with van der Waals surface area (Å²) >= 11 is 1.30. The van der Waals surface area contributed by atoms with E-state index in [9.17, 15) is 9.59 Å². The molecule has 0 aliphatic rings. The Bertz CT molecular complexity index is 979. The molecule has 0 radical (unpaired) electrons. The van der Waals surface area contributed by atoms with Crippen LogP contribution in [0.5, 0.6) is 5.75 Å². The Hall–Kier alpha value is -3.39. The van der Waals surface area contributed by atoms with Gasteiger partial charge in [0.05, 0.1) is 5.69 Å². The number of hydrogen-bond donors (Lipinski definition) is 2. The Kier molecular flexibility index (Phi) is 6.13. The van der Waals surface area contributed by atoms with Gasteiger partial charge in [-0.2, -0.15) is 0 Å². The molecule has 7 nitrogen and oxygen atoms in total. The molecule has 8 heteroatoms. The summed E-state index contributed by atoms with van der Waals surface area (Å²) in [6.45, 7) is 5.39. The lowest BCUT2D eigenvalue weighted by Gasteiger charge is -2.18. The van der Waals surface area contributed by atoms with E-state index in [0.717, 1.165) is 5.56 Å². The van der Waals surface area contributed by atoms with Crippen LogP contribution in [-0.4, -0.2) is 22.8 Å². The van der Waals surface area contributed by atoms with E-state index in [0.29, 0.717) is 22.3 Å². The van der Waals surface area contributed by atoms with Crippen molar-refractivity contribution in [2.24, 2.45) is 0 Å². The van der Waals surface area contributed by atoms with Gasteiger partial charge >= 0.3 is 12.2 Å². The number of aromatic nitrogens is 1. The molecule has 1 aromatic heterocycles. The minimum absolute atomic E-state index is 0.447. The summed E-state index contributed by atoms with van der Waals surface area (Å²) in [4.78, 5) is 28.2. The van der Waals surface area contributed by atoms with Gasteiger partial charge in [0, 0.05) is 16.6 Å². The molecule has 0 atom stereocenters. The van der Waals surface area contributed by atoms with Crippen LogP contribution in [0.25, 0.3) is 11.3 Å². The molecular formula is C21H21N3O4S. The number of ether oxygens (including phenoxy) is 2.